The molecule has 0 spiro atoms. The molecule has 0 radical (unpaired) electrons. The van der Waals surface area contributed by atoms with Crippen LogP contribution >= 0.6 is 0 Å². The number of halogens is 1. The fraction of sp³-hybridized carbons (Fsp3) is 0.316. The second-order valence-electron chi connectivity index (χ2n) is 12.9. The van der Waals surface area contributed by atoms with Crippen molar-refractivity contribution in [3.05, 3.63) is 119 Å². The third-order valence-electron chi connectivity index (χ3n) is 7.78. The molecule has 0 bridgehead atoms. The summed E-state index contributed by atoms with van der Waals surface area (Å²) < 4.78 is 55.9. The van der Waals surface area contributed by atoms with Crippen LogP contribution in [0, 0.1) is 19.7 Å². The van der Waals surface area contributed by atoms with E-state index in [4.69, 9.17) is 9.47 Å². The molecule has 0 saturated heterocycles. The number of sulfonamides is 1. The monoisotopic (exact) mass is 689 g/mol. The van der Waals surface area contributed by atoms with Gasteiger partial charge in [-0.05, 0) is 81.6 Å². The molecule has 49 heavy (non-hydrogen) atoms. The first-order chi connectivity index (χ1) is 23.1. The maximum atomic E-state index is 15.2. The van der Waals surface area contributed by atoms with Gasteiger partial charge in [-0.2, -0.15) is 0 Å². The number of methoxy groups -OCH3 is 2. The van der Waals surface area contributed by atoms with Crippen LogP contribution in [0.3, 0.4) is 0 Å². The van der Waals surface area contributed by atoms with Crippen LogP contribution in [0.4, 0.5) is 10.1 Å². The molecule has 4 aromatic rings. The highest BCUT2D eigenvalue weighted by molar-refractivity contribution is 7.92. The number of ether oxygens (including phenoxy) is 2. The third-order valence-corrected chi connectivity index (χ3v) is 9.55. The van der Waals surface area contributed by atoms with Crippen LogP contribution in [-0.2, 0) is 32.6 Å². The van der Waals surface area contributed by atoms with Gasteiger partial charge in [0.05, 0.1) is 24.8 Å². The van der Waals surface area contributed by atoms with Crippen molar-refractivity contribution in [2.75, 3.05) is 25.1 Å². The lowest BCUT2D eigenvalue weighted by Gasteiger charge is -2.35. The third kappa shape index (κ3) is 9.38. The molecule has 4 aromatic carbocycles. The first kappa shape index (κ1) is 36.9. The summed E-state index contributed by atoms with van der Waals surface area (Å²) in [6.07, 6.45) is 0.106. The van der Waals surface area contributed by atoms with Crippen molar-refractivity contribution in [2.45, 2.75) is 64.1 Å². The molecule has 0 aliphatic heterocycles. The molecule has 0 saturated carbocycles. The molecule has 0 aliphatic carbocycles. The minimum absolute atomic E-state index is 0.106. The Bertz CT molecular complexity index is 1870. The van der Waals surface area contributed by atoms with E-state index in [1.165, 1.54) is 49.5 Å². The molecular weight excluding hydrogens is 645 g/mol. The van der Waals surface area contributed by atoms with Crippen LogP contribution in [0.25, 0.3) is 0 Å². The highest BCUT2D eigenvalue weighted by atomic mass is 32.2. The Labute approximate surface area is 288 Å². The van der Waals surface area contributed by atoms with Crippen LogP contribution in [0.5, 0.6) is 11.5 Å². The van der Waals surface area contributed by atoms with Gasteiger partial charge in [0.25, 0.3) is 10.0 Å². The number of aryl methyl sites for hydroxylation is 2. The summed E-state index contributed by atoms with van der Waals surface area (Å²) in [5.74, 6) is -1.18. The Kier molecular flexibility index (Phi) is 11.7. The van der Waals surface area contributed by atoms with Crippen LogP contribution in [0.2, 0.25) is 0 Å². The van der Waals surface area contributed by atoms with Gasteiger partial charge in [-0.1, -0.05) is 54.6 Å². The Morgan fingerprint density at radius 3 is 2.04 bits per heavy atom. The molecule has 9 nitrogen and oxygen atoms in total. The van der Waals surface area contributed by atoms with Gasteiger partial charge in [-0.25, -0.2) is 12.8 Å². The van der Waals surface area contributed by atoms with Crippen molar-refractivity contribution >= 4 is 27.5 Å². The predicted octanol–water partition coefficient (Wildman–Crippen LogP) is 6.21. The summed E-state index contributed by atoms with van der Waals surface area (Å²) in [5, 5.41) is 2.97. The number of nitrogens with zero attached hydrogens (tertiary/aromatic N) is 2. The Morgan fingerprint density at radius 1 is 0.837 bits per heavy atom. The highest BCUT2D eigenvalue weighted by Crippen LogP contribution is 2.33. The zero-order valence-electron chi connectivity index (χ0n) is 29.0. The zero-order valence-corrected chi connectivity index (χ0v) is 29.8. The van der Waals surface area contributed by atoms with Crippen LogP contribution in [0.1, 0.15) is 43.0 Å². The summed E-state index contributed by atoms with van der Waals surface area (Å²) in [5.41, 5.74) is 2.12. The number of carbonyl (C=O) groups excluding carboxylic acids is 2. The van der Waals surface area contributed by atoms with Gasteiger partial charge in [0.1, 0.15) is 18.4 Å². The number of amides is 2. The second-order valence-corrected chi connectivity index (χ2v) is 14.8. The molecule has 260 valence electrons. The minimum atomic E-state index is -4.41. The molecule has 0 unspecified atom stereocenters. The fourth-order valence-electron chi connectivity index (χ4n) is 5.54. The van der Waals surface area contributed by atoms with Gasteiger partial charge in [0.15, 0.2) is 11.5 Å². The van der Waals surface area contributed by atoms with E-state index in [9.17, 15) is 18.0 Å². The number of hydrogen-bond donors (Lipinski definition) is 1. The maximum absolute atomic E-state index is 15.2. The number of rotatable bonds is 13. The smallest absolute Gasteiger partial charge is 0.264 e. The fourth-order valence-corrected chi connectivity index (χ4v) is 6.96. The Hall–Kier alpha value is -4.90. The van der Waals surface area contributed by atoms with E-state index >= 15 is 4.39 Å². The quantitative estimate of drug-likeness (QED) is 0.179. The molecule has 0 fully saturated rings. The van der Waals surface area contributed by atoms with E-state index in [0.29, 0.717) is 5.75 Å². The number of carbonyl (C=O) groups is 2. The summed E-state index contributed by atoms with van der Waals surface area (Å²) in [6, 6.07) is 23.5. The average Bonchev–Trinajstić information content (AvgIpc) is 3.04. The molecule has 0 aromatic heterocycles. The molecule has 1 N–H and O–H groups in total. The van der Waals surface area contributed by atoms with Gasteiger partial charge < -0.3 is 19.7 Å². The van der Waals surface area contributed by atoms with Crippen molar-refractivity contribution in [3.63, 3.8) is 0 Å². The molecule has 2 amide bonds. The lowest BCUT2D eigenvalue weighted by molar-refractivity contribution is -0.140. The summed E-state index contributed by atoms with van der Waals surface area (Å²) in [6.45, 7) is 8.17. The van der Waals surface area contributed by atoms with E-state index in [-0.39, 0.29) is 34.9 Å². The largest absolute Gasteiger partial charge is 0.493 e. The molecule has 1 atom stereocenters. The van der Waals surface area contributed by atoms with Gasteiger partial charge in [0, 0.05) is 30.1 Å². The van der Waals surface area contributed by atoms with Crippen LogP contribution in [-0.4, -0.2) is 57.5 Å². The average molecular weight is 690 g/mol. The molecule has 0 aliphatic rings. The van der Waals surface area contributed by atoms with Crippen molar-refractivity contribution in [2.24, 2.45) is 0 Å². The van der Waals surface area contributed by atoms with Crippen LogP contribution in [0.15, 0.2) is 95.9 Å². The first-order valence-electron chi connectivity index (χ1n) is 15.8. The van der Waals surface area contributed by atoms with E-state index < -0.39 is 45.8 Å². The lowest BCUT2D eigenvalue weighted by Crippen LogP contribution is -2.56. The molecular formula is C38H44FN3O6S. The number of benzene rings is 4. The normalized spacial score (nSPS) is 12.2. The van der Waals surface area contributed by atoms with E-state index in [2.05, 4.69) is 5.32 Å². The van der Waals surface area contributed by atoms with Gasteiger partial charge in [-0.3, -0.25) is 13.9 Å². The maximum Gasteiger partial charge on any atom is 0.264 e. The second kappa shape index (κ2) is 15.5. The van der Waals surface area contributed by atoms with Crippen molar-refractivity contribution < 1.29 is 31.9 Å². The summed E-state index contributed by atoms with van der Waals surface area (Å²) >= 11 is 0. The van der Waals surface area contributed by atoms with Gasteiger partial charge >= 0.3 is 0 Å². The number of hydrogen-bond acceptors (Lipinski definition) is 6. The van der Waals surface area contributed by atoms with Crippen molar-refractivity contribution in [1.82, 2.24) is 10.2 Å². The predicted molar refractivity (Wildman–Crippen MR) is 189 cm³/mol. The molecule has 0 heterocycles. The van der Waals surface area contributed by atoms with Gasteiger partial charge in [0.2, 0.25) is 11.8 Å². The SMILES string of the molecule is COc1ccc(S(=O)(=O)N(CC(=O)N(Cc2ccccc2F)[C@@H](Cc2ccccc2)C(=O)NC(C)(C)C)c2cc(C)cc(C)c2)cc1OC. The molecule has 4 rings (SSSR count). The topological polar surface area (TPSA) is 105 Å². The number of nitrogens with one attached hydrogen (secondary N) is 1. The van der Waals surface area contributed by atoms with E-state index in [0.717, 1.165) is 21.0 Å². The van der Waals surface area contributed by atoms with E-state index in [1.54, 1.807) is 24.3 Å². The molecule has 11 heteroatoms. The first-order valence-corrected chi connectivity index (χ1v) is 17.3. The Balaban J connectivity index is 1.88. The van der Waals surface area contributed by atoms with Crippen molar-refractivity contribution in [3.8, 4) is 11.5 Å². The number of anilines is 1. The van der Waals surface area contributed by atoms with E-state index in [1.807, 2.05) is 71.0 Å². The van der Waals surface area contributed by atoms with Crippen LogP contribution < -0.4 is 19.1 Å². The van der Waals surface area contributed by atoms with Crippen molar-refractivity contribution in [1.29, 1.82) is 0 Å². The highest BCUT2D eigenvalue weighted by Gasteiger charge is 2.36. The zero-order chi connectivity index (χ0) is 35.9. The Morgan fingerprint density at radius 2 is 1.45 bits per heavy atom. The van der Waals surface area contributed by atoms with Gasteiger partial charge in [-0.15, -0.1) is 0 Å². The summed E-state index contributed by atoms with van der Waals surface area (Å²) in [4.78, 5) is 29.8. The minimum Gasteiger partial charge on any atom is -0.493 e. The standard InChI is InChI=1S/C38H44FN3O6S/c1-26-19-27(2)21-30(20-26)42(49(45,46)31-17-18-34(47-6)35(23-31)48-7)25-36(43)41(24-29-15-11-12-16-32(29)39)33(37(44)40-38(3,4)5)22-28-13-9-8-10-14-28/h8-21,23,33H,22,24-25H2,1-7H3,(H,40,44)/t33-/m0/s1. The lowest BCUT2D eigenvalue weighted by atomic mass is 10.0. The summed E-state index contributed by atoms with van der Waals surface area (Å²) in [7, 11) is -1.57.